The smallest absolute Gasteiger partial charge is 0.355 e. The van der Waals surface area contributed by atoms with Crippen molar-refractivity contribution in [3.63, 3.8) is 0 Å². The summed E-state index contributed by atoms with van der Waals surface area (Å²) in [7, 11) is 0. The van der Waals surface area contributed by atoms with Gasteiger partial charge in [0.25, 0.3) is 5.91 Å². The molecule has 1 aliphatic rings. The number of likely N-dealkylation sites (tertiary alicyclic amines) is 1. The number of esters is 1. The van der Waals surface area contributed by atoms with Crippen LogP contribution in [0.1, 0.15) is 65.7 Å². The predicted octanol–water partition coefficient (Wildman–Crippen LogP) is 2.64. The van der Waals surface area contributed by atoms with Crippen molar-refractivity contribution in [1.82, 2.24) is 9.88 Å². The molecular weight excluding hydrogens is 308 g/mol. The number of aryl methyl sites for hydroxylation is 1. The number of nitrogens with zero attached hydrogens (tertiary/aromatic N) is 1. The van der Waals surface area contributed by atoms with Crippen LogP contribution in [0.2, 0.25) is 0 Å². The molecule has 24 heavy (non-hydrogen) atoms. The first-order valence-electron chi connectivity index (χ1n) is 8.42. The number of carbonyl (C=O) groups is 3. The van der Waals surface area contributed by atoms with E-state index in [4.69, 9.17) is 4.74 Å². The monoisotopic (exact) mass is 334 g/mol. The Labute approximate surface area is 142 Å². The molecule has 1 aromatic heterocycles. The third-order valence-corrected chi connectivity index (χ3v) is 4.72. The lowest BCUT2D eigenvalue weighted by Gasteiger charge is -2.31. The molecule has 1 saturated heterocycles. The standard InChI is InChI=1S/C18H26N2O4/c1-10-6-8-20(9-7-10)17(22)14(5)24-18(23)16-11(2)15(13(4)21)12(3)19-16/h10,14,19H,6-9H2,1-5H3/t14-/m0/s1. The number of nitrogens with one attached hydrogen (secondary N) is 1. The number of carbonyl (C=O) groups excluding carboxylic acids is 3. The number of ketones is 1. The first kappa shape index (κ1) is 18.2. The van der Waals surface area contributed by atoms with E-state index in [0.717, 1.165) is 12.8 Å². The number of Topliss-reactive ketones (excluding diaryl/α,β-unsaturated/α-hetero) is 1. The van der Waals surface area contributed by atoms with Crippen LogP contribution in [0, 0.1) is 19.8 Å². The predicted molar refractivity (Wildman–Crippen MR) is 90.1 cm³/mol. The molecule has 1 amide bonds. The fourth-order valence-electron chi connectivity index (χ4n) is 3.24. The lowest BCUT2D eigenvalue weighted by Crippen LogP contribution is -2.44. The fourth-order valence-corrected chi connectivity index (χ4v) is 3.24. The van der Waals surface area contributed by atoms with Gasteiger partial charge in [0.15, 0.2) is 11.9 Å². The molecule has 0 aromatic carbocycles. The third kappa shape index (κ3) is 3.68. The summed E-state index contributed by atoms with van der Waals surface area (Å²) in [5.41, 5.74) is 1.95. The van der Waals surface area contributed by atoms with Crippen molar-refractivity contribution in [1.29, 1.82) is 0 Å². The van der Waals surface area contributed by atoms with Crippen molar-refractivity contribution in [2.75, 3.05) is 13.1 Å². The number of amides is 1. The summed E-state index contributed by atoms with van der Waals surface area (Å²) in [6, 6.07) is 0. The van der Waals surface area contributed by atoms with Gasteiger partial charge in [-0.1, -0.05) is 6.92 Å². The number of rotatable bonds is 4. The van der Waals surface area contributed by atoms with Gasteiger partial charge in [0.05, 0.1) is 0 Å². The molecule has 0 spiro atoms. The van der Waals surface area contributed by atoms with Crippen molar-refractivity contribution in [2.45, 2.75) is 53.6 Å². The third-order valence-electron chi connectivity index (χ3n) is 4.72. The summed E-state index contributed by atoms with van der Waals surface area (Å²) >= 11 is 0. The molecule has 0 saturated carbocycles. The summed E-state index contributed by atoms with van der Waals surface area (Å²) in [5, 5.41) is 0. The number of hydrogen-bond donors (Lipinski definition) is 1. The maximum atomic E-state index is 12.4. The lowest BCUT2D eigenvalue weighted by molar-refractivity contribution is -0.141. The fraction of sp³-hybridized carbons (Fsp3) is 0.611. The molecule has 1 atom stereocenters. The van der Waals surface area contributed by atoms with Crippen molar-refractivity contribution in [3.05, 3.63) is 22.5 Å². The van der Waals surface area contributed by atoms with Crippen LogP contribution in [-0.4, -0.2) is 46.7 Å². The normalized spacial score (nSPS) is 16.8. The van der Waals surface area contributed by atoms with Crippen LogP contribution < -0.4 is 0 Å². The van der Waals surface area contributed by atoms with Gasteiger partial charge < -0.3 is 14.6 Å². The molecule has 1 N–H and O–H groups in total. The lowest BCUT2D eigenvalue weighted by atomic mass is 9.99. The molecule has 2 heterocycles. The minimum atomic E-state index is -0.838. The van der Waals surface area contributed by atoms with Gasteiger partial charge in [-0.2, -0.15) is 0 Å². The van der Waals surface area contributed by atoms with Gasteiger partial charge in [0.1, 0.15) is 5.69 Å². The second kappa shape index (κ2) is 7.20. The zero-order valence-electron chi connectivity index (χ0n) is 15.1. The van der Waals surface area contributed by atoms with Crippen molar-refractivity contribution in [2.24, 2.45) is 5.92 Å². The molecule has 1 aliphatic heterocycles. The SMILES string of the molecule is CC(=O)c1c(C)[nH]c(C(=O)O[C@@H](C)C(=O)N2CCC(C)CC2)c1C. The Morgan fingerprint density at radius 2 is 1.79 bits per heavy atom. The van der Waals surface area contributed by atoms with Gasteiger partial charge in [0.2, 0.25) is 0 Å². The maximum absolute atomic E-state index is 12.4. The Morgan fingerprint density at radius 1 is 1.21 bits per heavy atom. The number of aromatic amines is 1. The van der Waals surface area contributed by atoms with Crippen LogP contribution in [0.5, 0.6) is 0 Å². The first-order chi connectivity index (χ1) is 11.2. The van der Waals surface area contributed by atoms with E-state index in [1.165, 1.54) is 6.92 Å². The van der Waals surface area contributed by atoms with Gasteiger partial charge in [-0.05, 0) is 52.0 Å². The van der Waals surface area contributed by atoms with E-state index < -0.39 is 12.1 Å². The van der Waals surface area contributed by atoms with E-state index in [2.05, 4.69) is 11.9 Å². The van der Waals surface area contributed by atoms with E-state index in [1.807, 2.05) is 0 Å². The Bertz CT molecular complexity index is 654. The summed E-state index contributed by atoms with van der Waals surface area (Å²) in [5.74, 6) is -0.245. The Morgan fingerprint density at radius 3 is 2.29 bits per heavy atom. The van der Waals surface area contributed by atoms with Gasteiger partial charge in [-0.15, -0.1) is 0 Å². The van der Waals surface area contributed by atoms with Crippen molar-refractivity contribution >= 4 is 17.7 Å². The average Bonchev–Trinajstić information content (AvgIpc) is 2.82. The van der Waals surface area contributed by atoms with E-state index in [-0.39, 0.29) is 17.4 Å². The van der Waals surface area contributed by atoms with Gasteiger partial charge >= 0.3 is 5.97 Å². The van der Waals surface area contributed by atoms with Crippen LogP contribution in [0.25, 0.3) is 0 Å². The second-order valence-electron chi connectivity index (χ2n) is 6.74. The van der Waals surface area contributed by atoms with Crippen LogP contribution >= 0.6 is 0 Å². The van der Waals surface area contributed by atoms with Crippen LogP contribution in [0.3, 0.4) is 0 Å². The zero-order chi connectivity index (χ0) is 18.0. The molecule has 0 aliphatic carbocycles. The molecule has 1 aromatic rings. The summed E-state index contributed by atoms with van der Waals surface area (Å²) in [6.07, 6.45) is 1.11. The minimum absolute atomic E-state index is 0.105. The average molecular weight is 334 g/mol. The molecule has 6 nitrogen and oxygen atoms in total. The highest BCUT2D eigenvalue weighted by Gasteiger charge is 2.28. The van der Waals surface area contributed by atoms with Crippen LogP contribution in [0.4, 0.5) is 0 Å². The summed E-state index contributed by atoms with van der Waals surface area (Å²) < 4.78 is 5.33. The highest BCUT2D eigenvalue weighted by atomic mass is 16.5. The Balaban J connectivity index is 2.05. The largest absolute Gasteiger partial charge is 0.448 e. The second-order valence-corrected chi connectivity index (χ2v) is 6.74. The number of H-pyrrole nitrogens is 1. The van der Waals surface area contributed by atoms with E-state index in [1.54, 1.807) is 25.7 Å². The first-order valence-corrected chi connectivity index (χ1v) is 8.42. The number of ether oxygens (including phenoxy) is 1. The Kier molecular flexibility index (Phi) is 5.47. The highest BCUT2D eigenvalue weighted by Crippen LogP contribution is 2.21. The van der Waals surface area contributed by atoms with Crippen LogP contribution in [-0.2, 0) is 9.53 Å². The number of aromatic nitrogens is 1. The van der Waals surface area contributed by atoms with Gasteiger partial charge in [-0.25, -0.2) is 4.79 Å². The van der Waals surface area contributed by atoms with Crippen molar-refractivity contribution < 1.29 is 19.1 Å². The molecule has 1 fully saturated rings. The Hall–Kier alpha value is -2.11. The molecule has 6 heteroatoms. The summed E-state index contributed by atoms with van der Waals surface area (Å²) in [4.78, 5) is 41.1. The van der Waals surface area contributed by atoms with E-state index in [0.29, 0.717) is 35.8 Å². The quantitative estimate of drug-likeness (QED) is 0.678. The minimum Gasteiger partial charge on any atom is -0.448 e. The van der Waals surface area contributed by atoms with E-state index in [9.17, 15) is 14.4 Å². The molecule has 2 rings (SSSR count). The highest BCUT2D eigenvalue weighted by molar-refractivity contribution is 6.01. The summed E-state index contributed by atoms with van der Waals surface area (Å²) in [6.45, 7) is 10.1. The zero-order valence-corrected chi connectivity index (χ0v) is 15.1. The molecule has 0 unspecified atom stereocenters. The maximum Gasteiger partial charge on any atom is 0.355 e. The molecular formula is C18H26N2O4. The number of hydrogen-bond acceptors (Lipinski definition) is 4. The van der Waals surface area contributed by atoms with Gasteiger partial charge in [0, 0.05) is 24.3 Å². The van der Waals surface area contributed by atoms with Crippen molar-refractivity contribution in [3.8, 4) is 0 Å². The van der Waals surface area contributed by atoms with E-state index >= 15 is 0 Å². The molecule has 132 valence electrons. The van der Waals surface area contributed by atoms with Crippen LogP contribution in [0.15, 0.2) is 0 Å². The van der Waals surface area contributed by atoms with Gasteiger partial charge in [-0.3, -0.25) is 9.59 Å². The topological polar surface area (TPSA) is 79.5 Å². The molecule has 0 bridgehead atoms. The number of piperidine rings is 1. The molecule has 0 radical (unpaired) electrons.